The number of thioether (sulfide) groups is 1. The molecule has 0 aliphatic heterocycles. The van der Waals surface area contributed by atoms with Crippen LogP contribution in [0.3, 0.4) is 0 Å². The van der Waals surface area contributed by atoms with Gasteiger partial charge in [0.1, 0.15) is 10.7 Å². The second-order valence-electron chi connectivity index (χ2n) is 4.40. The molecular formula is C13H19N3OS. The van der Waals surface area contributed by atoms with Gasteiger partial charge < -0.3 is 14.8 Å². The molecule has 0 saturated heterocycles. The summed E-state index contributed by atoms with van der Waals surface area (Å²) in [7, 11) is 0. The van der Waals surface area contributed by atoms with Crippen LogP contribution in [0, 0.1) is 0 Å². The topological polar surface area (TPSA) is 49.6 Å². The van der Waals surface area contributed by atoms with Crippen LogP contribution in [0.15, 0.2) is 29.4 Å². The molecule has 2 N–H and O–H groups in total. The quantitative estimate of drug-likeness (QED) is 0.784. The Hall–Kier alpha value is -1.04. The summed E-state index contributed by atoms with van der Waals surface area (Å²) in [6.07, 6.45) is 2.03. The minimum Gasteiger partial charge on any atom is -0.396 e. The second kappa shape index (κ2) is 6.22. The van der Waals surface area contributed by atoms with Gasteiger partial charge in [-0.3, -0.25) is 0 Å². The van der Waals surface area contributed by atoms with Crippen molar-refractivity contribution in [1.29, 1.82) is 0 Å². The molecule has 0 radical (unpaired) electrons. The molecule has 0 amide bonds. The van der Waals surface area contributed by atoms with E-state index in [1.165, 1.54) is 0 Å². The molecule has 18 heavy (non-hydrogen) atoms. The van der Waals surface area contributed by atoms with Gasteiger partial charge in [0.2, 0.25) is 0 Å². The van der Waals surface area contributed by atoms with E-state index in [1.54, 1.807) is 11.8 Å². The maximum Gasteiger partial charge on any atom is 0.138 e. The van der Waals surface area contributed by atoms with Crippen molar-refractivity contribution in [3.05, 3.63) is 30.1 Å². The van der Waals surface area contributed by atoms with Crippen molar-refractivity contribution in [1.82, 2.24) is 14.7 Å². The highest BCUT2D eigenvalue weighted by Crippen LogP contribution is 2.23. The van der Waals surface area contributed by atoms with Gasteiger partial charge in [0.15, 0.2) is 0 Å². The van der Waals surface area contributed by atoms with E-state index in [0.717, 1.165) is 22.9 Å². The first-order chi connectivity index (χ1) is 8.72. The van der Waals surface area contributed by atoms with Gasteiger partial charge in [-0.2, -0.15) is 0 Å². The zero-order chi connectivity index (χ0) is 13.0. The first-order valence-electron chi connectivity index (χ1n) is 6.15. The van der Waals surface area contributed by atoms with Crippen molar-refractivity contribution in [2.45, 2.75) is 31.5 Å². The van der Waals surface area contributed by atoms with Crippen LogP contribution in [0.1, 0.15) is 19.5 Å². The normalized spacial score (nSPS) is 11.6. The number of nitrogens with one attached hydrogen (secondary N) is 1. The monoisotopic (exact) mass is 265 g/mol. The Bertz CT molecular complexity index is 510. The van der Waals surface area contributed by atoms with E-state index in [4.69, 9.17) is 5.11 Å². The van der Waals surface area contributed by atoms with Crippen LogP contribution in [-0.2, 0) is 6.54 Å². The number of aromatic nitrogens is 2. The fraction of sp³-hybridized carbons (Fsp3) is 0.462. The van der Waals surface area contributed by atoms with Crippen LogP contribution in [0.25, 0.3) is 5.65 Å². The fourth-order valence-corrected chi connectivity index (χ4v) is 2.52. The molecule has 0 spiro atoms. The number of rotatable bonds is 6. The van der Waals surface area contributed by atoms with E-state index in [1.807, 2.05) is 24.4 Å². The Kier molecular flexibility index (Phi) is 4.63. The Labute approximate surface area is 111 Å². The van der Waals surface area contributed by atoms with E-state index in [-0.39, 0.29) is 6.61 Å². The van der Waals surface area contributed by atoms with Gasteiger partial charge >= 0.3 is 0 Å². The molecule has 0 atom stereocenters. The smallest absolute Gasteiger partial charge is 0.138 e. The van der Waals surface area contributed by atoms with Gasteiger partial charge in [0.05, 0.1) is 12.3 Å². The highest BCUT2D eigenvalue weighted by Gasteiger charge is 2.12. The van der Waals surface area contributed by atoms with Crippen molar-refractivity contribution in [2.75, 3.05) is 12.4 Å². The number of hydrogen-bond acceptors (Lipinski definition) is 4. The molecule has 0 fully saturated rings. The van der Waals surface area contributed by atoms with Crippen molar-refractivity contribution >= 4 is 17.4 Å². The van der Waals surface area contributed by atoms with Crippen molar-refractivity contribution in [2.24, 2.45) is 0 Å². The van der Waals surface area contributed by atoms with Crippen LogP contribution in [0.4, 0.5) is 0 Å². The molecule has 2 aromatic rings. The Morgan fingerprint density at radius 2 is 2.28 bits per heavy atom. The first-order valence-corrected chi connectivity index (χ1v) is 7.14. The zero-order valence-corrected chi connectivity index (χ0v) is 11.6. The molecule has 0 aromatic carbocycles. The predicted octanol–water partition coefficient (Wildman–Crippen LogP) is 1.92. The summed E-state index contributed by atoms with van der Waals surface area (Å²) in [5, 5.41) is 13.4. The minimum atomic E-state index is 0.176. The van der Waals surface area contributed by atoms with Crippen LogP contribution in [-0.4, -0.2) is 32.9 Å². The molecule has 4 nitrogen and oxygen atoms in total. The standard InChI is InChI=1S/C13H19N3OS/c1-10(2)14-9-11-13(18-8-7-17)15-12-5-3-4-6-16(11)12/h3-6,10,14,17H,7-9H2,1-2H3. The van der Waals surface area contributed by atoms with Gasteiger partial charge in [-0.25, -0.2) is 4.98 Å². The number of imidazole rings is 1. The number of nitrogens with zero attached hydrogens (tertiary/aromatic N) is 2. The highest BCUT2D eigenvalue weighted by molar-refractivity contribution is 7.99. The van der Waals surface area contributed by atoms with E-state index in [9.17, 15) is 0 Å². The molecule has 0 bridgehead atoms. The summed E-state index contributed by atoms with van der Waals surface area (Å²) < 4.78 is 2.11. The summed E-state index contributed by atoms with van der Waals surface area (Å²) in [6, 6.07) is 6.44. The summed E-state index contributed by atoms with van der Waals surface area (Å²) in [6.45, 7) is 5.22. The van der Waals surface area contributed by atoms with Crippen molar-refractivity contribution in [3.8, 4) is 0 Å². The Morgan fingerprint density at radius 1 is 1.44 bits per heavy atom. The first kappa shape index (κ1) is 13.4. The average molecular weight is 265 g/mol. The SMILES string of the molecule is CC(C)NCc1c(SCCO)nc2ccccn12. The van der Waals surface area contributed by atoms with Gasteiger partial charge in [-0.1, -0.05) is 19.9 Å². The predicted molar refractivity (Wildman–Crippen MR) is 75.0 cm³/mol. The van der Waals surface area contributed by atoms with E-state index in [0.29, 0.717) is 11.8 Å². The molecular weight excluding hydrogens is 246 g/mol. The average Bonchev–Trinajstić information content (AvgIpc) is 2.71. The van der Waals surface area contributed by atoms with E-state index in [2.05, 4.69) is 28.5 Å². The Morgan fingerprint density at radius 3 is 3.00 bits per heavy atom. The largest absolute Gasteiger partial charge is 0.396 e. The lowest BCUT2D eigenvalue weighted by Crippen LogP contribution is -2.23. The van der Waals surface area contributed by atoms with E-state index < -0.39 is 0 Å². The van der Waals surface area contributed by atoms with Gasteiger partial charge in [0.25, 0.3) is 0 Å². The molecule has 0 aliphatic rings. The third-order valence-corrected chi connectivity index (χ3v) is 3.59. The number of aliphatic hydroxyl groups excluding tert-OH is 1. The number of hydrogen-bond donors (Lipinski definition) is 2. The fourth-order valence-electron chi connectivity index (χ4n) is 1.74. The molecule has 0 saturated carbocycles. The highest BCUT2D eigenvalue weighted by atomic mass is 32.2. The summed E-state index contributed by atoms with van der Waals surface area (Å²) in [4.78, 5) is 4.60. The summed E-state index contributed by atoms with van der Waals surface area (Å²) in [5.41, 5.74) is 2.12. The number of pyridine rings is 1. The van der Waals surface area contributed by atoms with Gasteiger partial charge in [-0.05, 0) is 12.1 Å². The number of fused-ring (bicyclic) bond motifs is 1. The summed E-state index contributed by atoms with van der Waals surface area (Å²) >= 11 is 1.60. The van der Waals surface area contributed by atoms with Crippen LogP contribution >= 0.6 is 11.8 Å². The molecule has 98 valence electrons. The van der Waals surface area contributed by atoms with Crippen molar-refractivity contribution in [3.63, 3.8) is 0 Å². The third kappa shape index (κ3) is 3.04. The van der Waals surface area contributed by atoms with Crippen LogP contribution in [0.2, 0.25) is 0 Å². The van der Waals surface area contributed by atoms with Crippen LogP contribution < -0.4 is 5.32 Å². The summed E-state index contributed by atoms with van der Waals surface area (Å²) in [5.74, 6) is 0.679. The lowest BCUT2D eigenvalue weighted by atomic mass is 10.3. The second-order valence-corrected chi connectivity index (χ2v) is 5.48. The maximum absolute atomic E-state index is 8.94. The molecule has 0 aliphatic carbocycles. The minimum absolute atomic E-state index is 0.176. The maximum atomic E-state index is 8.94. The molecule has 2 heterocycles. The van der Waals surface area contributed by atoms with Gasteiger partial charge in [0, 0.05) is 24.5 Å². The van der Waals surface area contributed by atoms with Crippen molar-refractivity contribution < 1.29 is 5.11 Å². The zero-order valence-electron chi connectivity index (χ0n) is 10.8. The molecule has 5 heteroatoms. The lowest BCUT2D eigenvalue weighted by molar-refractivity contribution is 0.322. The molecule has 2 aromatic heterocycles. The number of aliphatic hydroxyl groups is 1. The lowest BCUT2D eigenvalue weighted by Gasteiger charge is -2.09. The van der Waals surface area contributed by atoms with E-state index >= 15 is 0 Å². The van der Waals surface area contributed by atoms with Crippen LogP contribution in [0.5, 0.6) is 0 Å². The van der Waals surface area contributed by atoms with Gasteiger partial charge in [-0.15, -0.1) is 11.8 Å². The third-order valence-electron chi connectivity index (χ3n) is 2.60. The Balaban J connectivity index is 2.31. The molecule has 2 rings (SSSR count). The molecule has 0 unspecified atom stereocenters.